The Kier molecular flexibility index (Phi) is 6.21. The monoisotopic (exact) mass is 396 g/mol. The maximum atomic E-state index is 13.1. The Labute approximate surface area is 163 Å². The van der Waals surface area contributed by atoms with Gasteiger partial charge in [-0.15, -0.1) is 0 Å². The third-order valence-electron chi connectivity index (χ3n) is 3.51. The van der Waals surface area contributed by atoms with Crippen LogP contribution in [0.3, 0.4) is 0 Å². The van der Waals surface area contributed by atoms with Gasteiger partial charge in [0.2, 0.25) is 0 Å². The van der Waals surface area contributed by atoms with Gasteiger partial charge in [0.25, 0.3) is 0 Å². The minimum Gasteiger partial charge on any atom is -0.446 e. The maximum Gasteiger partial charge on any atom is 0.307 e. The number of rotatable bonds is 6. The minimum absolute atomic E-state index is 0.152. The van der Waals surface area contributed by atoms with E-state index >= 15 is 0 Å². The van der Waals surface area contributed by atoms with E-state index in [4.69, 9.17) is 4.42 Å². The highest BCUT2D eigenvalue weighted by Crippen LogP contribution is 2.08. The Morgan fingerprint density at radius 2 is 1.21 bits per heavy atom. The summed E-state index contributed by atoms with van der Waals surface area (Å²) in [5, 5.41) is 7.39. The van der Waals surface area contributed by atoms with Crippen molar-refractivity contribution < 1.29 is 22.8 Å². The summed E-state index contributed by atoms with van der Waals surface area (Å²) in [5.74, 6) is -2.55. The van der Waals surface area contributed by atoms with Gasteiger partial charge < -0.3 is 4.42 Å². The lowest BCUT2D eigenvalue weighted by Crippen LogP contribution is -2.18. The molecule has 0 aliphatic carbocycles. The van der Waals surface area contributed by atoms with Crippen molar-refractivity contribution >= 4 is 24.2 Å². The van der Waals surface area contributed by atoms with Crippen LogP contribution in [0.15, 0.2) is 75.3 Å². The quantitative estimate of drug-likeness (QED) is 0.495. The van der Waals surface area contributed by atoms with Crippen molar-refractivity contribution in [3.63, 3.8) is 0 Å². The van der Waals surface area contributed by atoms with E-state index in [2.05, 4.69) is 21.1 Å². The smallest absolute Gasteiger partial charge is 0.307 e. The molecule has 2 N–H and O–H groups in total. The van der Waals surface area contributed by atoms with Crippen molar-refractivity contribution in [2.75, 3.05) is 0 Å². The van der Waals surface area contributed by atoms with E-state index in [1.807, 2.05) is 0 Å². The molecule has 7 nitrogen and oxygen atoms in total. The van der Waals surface area contributed by atoms with Gasteiger partial charge in [-0.3, -0.25) is 9.59 Å². The number of hydrogen-bond acceptors (Lipinski definition) is 5. The number of hydrogen-bond donors (Lipinski definition) is 2. The molecular weight excluding hydrogens is 382 g/mol. The van der Waals surface area contributed by atoms with Crippen molar-refractivity contribution in [2.24, 2.45) is 10.2 Å². The second-order valence-electron chi connectivity index (χ2n) is 5.67. The number of carbonyl (C=O) groups excluding carboxylic acids is 2. The molecule has 0 radical (unpaired) electrons. The highest BCUT2D eigenvalue weighted by molar-refractivity contribution is 5.96. The van der Waals surface area contributed by atoms with Gasteiger partial charge in [0.15, 0.2) is 11.5 Å². The van der Waals surface area contributed by atoms with Crippen LogP contribution in [0, 0.1) is 11.6 Å². The number of amides is 2. The number of hydrazone groups is 2. The molecule has 0 bridgehead atoms. The van der Waals surface area contributed by atoms with Gasteiger partial charge in [0, 0.05) is 0 Å². The predicted molar refractivity (Wildman–Crippen MR) is 102 cm³/mol. The number of nitrogens with one attached hydrogen (secondary N) is 2. The summed E-state index contributed by atoms with van der Waals surface area (Å²) in [5.41, 5.74) is 5.33. The van der Waals surface area contributed by atoms with Gasteiger partial charge in [-0.1, -0.05) is 24.3 Å². The molecule has 3 aromatic rings. The number of furan rings is 1. The standard InChI is InChI=1S/C20H14F2N4O3/c21-15-5-1-3-13(9-15)11-23-25-19(27)17-7-8-18(29-17)20(28)26-24-12-14-4-2-6-16(22)10-14/h1-12H,(H,25,27)(H,26,28). The first-order valence-corrected chi connectivity index (χ1v) is 8.29. The maximum absolute atomic E-state index is 13.1. The van der Waals surface area contributed by atoms with Crippen molar-refractivity contribution in [3.8, 4) is 0 Å². The van der Waals surface area contributed by atoms with Crippen LogP contribution in [0.2, 0.25) is 0 Å². The van der Waals surface area contributed by atoms with Crippen LogP contribution in [0.5, 0.6) is 0 Å². The van der Waals surface area contributed by atoms with Crippen molar-refractivity contribution in [1.29, 1.82) is 0 Å². The molecule has 146 valence electrons. The van der Waals surface area contributed by atoms with Crippen LogP contribution in [0.4, 0.5) is 8.78 Å². The molecule has 3 rings (SSSR count). The number of benzene rings is 2. The Morgan fingerprint density at radius 1 is 0.759 bits per heavy atom. The minimum atomic E-state index is -0.694. The van der Waals surface area contributed by atoms with Crippen LogP contribution in [0.1, 0.15) is 32.2 Å². The molecule has 0 atom stereocenters. The Morgan fingerprint density at radius 3 is 1.62 bits per heavy atom. The topological polar surface area (TPSA) is 96.1 Å². The highest BCUT2D eigenvalue weighted by atomic mass is 19.1. The summed E-state index contributed by atoms with van der Waals surface area (Å²) in [4.78, 5) is 24.0. The summed E-state index contributed by atoms with van der Waals surface area (Å²) in [7, 11) is 0. The summed E-state index contributed by atoms with van der Waals surface area (Å²) in [6.45, 7) is 0. The molecular formula is C20H14F2N4O3. The lowest BCUT2D eigenvalue weighted by molar-refractivity contribution is 0.0902. The van der Waals surface area contributed by atoms with Gasteiger partial charge in [0.05, 0.1) is 12.4 Å². The zero-order chi connectivity index (χ0) is 20.6. The van der Waals surface area contributed by atoms with Gasteiger partial charge in [0.1, 0.15) is 11.6 Å². The van der Waals surface area contributed by atoms with E-state index in [1.54, 1.807) is 12.1 Å². The zero-order valence-corrected chi connectivity index (χ0v) is 14.8. The summed E-state index contributed by atoms with van der Waals surface area (Å²) < 4.78 is 31.3. The molecule has 0 spiro atoms. The van der Waals surface area contributed by atoms with Crippen LogP contribution in [-0.2, 0) is 0 Å². The largest absolute Gasteiger partial charge is 0.446 e. The Balaban J connectivity index is 1.55. The lowest BCUT2D eigenvalue weighted by Gasteiger charge is -1.98. The fraction of sp³-hybridized carbons (Fsp3) is 0. The number of nitrogens with zero attached hydrogens (tertiary/aromatic N) is 2. The molecule has 1 aromatic heterocycles. The molecule has 0 saturated heterocycles. The molecule has 9 heteroatoms. The third-order valence-corrected chi connectivity index (χ3v) is 3.51. The molecule has 1 heterocycles. The normalized spacial score (nSPS) is 11.1. The van der Waals surface area contributed by atoms with E-state index in [1.165, 1.54) is 61.0 Å². The van der Waals surface area contributed by atoms with Crippen LogP contribution < -0.4 is 10.9 Å². The van der Waals surface area contributed by atoms with Crippen molar-refractivity contribution in [1.82, 2.24) is 10.9 Å². The van der Waals surface area contributed by atoms with E-state index < -0.39 is 23.4 Å². The molecule has 2 amide bonds. The molecule has 0 fully saturated rings. The predicted octanol–water partition coefficient (Wildman–Crippen LogP) is 3.09. The first-order valence-electron chi connectivity index (χ1n) is 8.29. The second-order valence-corrected chi connectivity index (χ2v) is 5.67. The van der Waals surface area contributed by atoms with E-state index in [0.29, 0.717) is 11.1 Å². The summed E-state index contributed by atoms with van der Waals surface area (Å²) >= 11 is 0. The molecule has 0 aliphatic heterocycles. The first-order chi connectivity index (χ1) is 14.0. The number of halogens is 2. The SMILES string of the molecule is O=C(NN=Cc1cccc(F)c1)c1ccc(C(=O)NN=Cc2cccc(F)c2)o1. The summed E-state index contributed by atoms with van der Waals surface area (Å²) in [6.07, 6.45) is 2.53. The Bertz CT molecular complexity index is 1010. The average molecular weight is 396 g/mol. The molecule has 0 unspecified atom stereocenters. The van der Waals surface area contributed by atoms with E-state index in [9.17, 15) is 18.4 Å². The zero-order valence-electron chi connectivity index (χ0n) is 14.8. The first kappa shape index (κ1) is 19.6. The van der Waals surface area contributed by atoms with Gasteiger partial charge in [-0.25, -0.2) is 19.6 Å². The second kappa shape index (κ2) is 9.18. The van der Waals surface area contributed by atoms with Crippen LogP contribution >= 0.6 is 0 Å². The van der Waals surface area contributed by atoms with Crippen LogP contribution in [-0.4, -0.2) is 24.2 Å². The van der Waals surface area contributed by atoms with Crippen molar-refractivity contribution in [2.45, 2.75) is 0 Å². The molecule has 0 aliphatic rings. The van der Waals surface area contributed by atoms with Gasteiger partial charge in [-0.2, -0.15) is 10.2 Å². The number of carbonyl (C=O) groups is 2. The fourth-order valence-corrected chi connectivity index (χ4v) is 2.20. The molecule has 29 heavy (non-hydrogen) atoms. The van der Waals surface area contributed by atoms with E-state index in [0.717, 1.165) is 0 Å². The highest BCUT2D eigenvalue weighted by Gasteiger charge is 2.15. The lowest BCUT2D eigenvalue weighted by atomic mass is 10.2. The Hall–Kier alpha value is -4.14. The fourth-order valence-electron chi connectivity index (χ4n) is 2.20. The summed E-state index contributed by atoms with van der Waals surface area (Å²) in [6, 6.07) is 13.9. The van der Waals surface area contributed by atoms with Crippen molar-refractivity contribution in [3.05, 3.63) is 94.9 Å². The molecule has 0 saturated carbocycles. The molecule has 2 aromatic carbocycles. The van der Waals surface area contributed by atoms with E-state index in [-0.39, 0.29) is 11.5 Å². The van der Waals surface area contributed by atoms with Gasteiger partial charge >= 0.3 is 11.8 Å². The average Bonchev–Trinajstić information content (AvgIpc) is 3.18. The third kappa shape index (κ3) is 5.67. The van der Waals surface area contributed by atoms with Crippen LogP contribution in [0.25, 0.3) is 0 Å². The van der Waals surface area contributed by atoms with Gasteiger partial charge in [-0.05, 0) is 47.5 Å².